The molecule has 1 heterocycles. The van der Waals surface area contributed by atoms with Gasteiger partial charge in [-0.1, -0.05) is 6.92 Å². The Kier molecular flexibility index (Phi) is 4.35. The molecule has 3 N–H and O–H groups in total. The van der Waals surface area contributed by atoms with Gasteiger partial charge in [0.1, 0.15) is 0 Å². The highest BCUT2D eigenvalue weighted by Crippen LogP contribution is 2.31. The van der Waals surface area contributed by atoms with E-state index in [2.05, 4.69) is 10.6 Å². The smallest absolute Gasteiger partial charge is 0.251 e. The monoisotopic (exact) mass is 294 g/mol. The first-order chi connectivity index (χ1) is 9.41. The van der Waals surface area contributed by atoms with Crippen LogP contribution in [0.15, 0.2) is 23.1 Å². The second-order valence-electron chi connectivity index (χ2n) is 5.08. The van der Waals surface area contributed by atoms with Crippen LogP contribution in [-0.2, 0) is 4.79 Å². The van der Waals surface area contributed by atoms with Crippen LogP contribution >= 0.6 is 11.8 Å². The fraction of sp³-hybridized carbons (Fsp3) is 0.429. The zero-order valence-electron chi connectivity index (χ0n) is 11.5. The van der Waals surface area contributed by atoms with Crippen molar-refractivity contribution >= 4 is 29.3 Å². The average Bonchev–Trinajstić information content (AvgIpc) is 2.44. The molecule has 0 saturated carbocycles. The van der Waals surface area contributed by atoms with Gasteiger partial charge in [0.15, 0.2) is 0 Å². The van der Waals surface area contributed by atoms with E-state index in [1.807, 2.05) is 13.0 Å². The van der Waals surface area contributed by atoms with Gasteiger partial charge >= 0.3 is 0 Å². The average molecular weight is 294 g/mol. The van der Waals surface area contributed by atoms with E-state index in [4.69, 9.17) is 0 Å². The van der Waals surface area contributed by atoms with Crippen LogP contribution in [0.3, 0.4) is 0 Å². The molecule has 1 atom stereocenters. The first-order valence-electron chi connectivity index (χ1n) is 6.48. The van der Waals surface area contributed by atoms with Gasteiger partial charge in [-0.05, 0) is 31.5 Å². The maximum absolute atomic E-state index is 12.0. The molecule has 1 aliphatic heterocycles. The lowest BCUT2D eigenvalue weighted by molar-refractivity contribution is -0.113. The molecule has 5 nitrogen and oxygen atoms in total. The predicted octanol–water partition coefficient (Wildman–Crippen LogP) is 1.62. The van der Waals surface area contributed by atoms with E-state index in [9.17, 15) is 14.7 Å². The number of fused-ring (bicyclic) bond motifs is 1. The number of hydrogen-bond acceptors (Lipinski definition) is 4. The Morgan fingerprint density at radius 2 is 2.30 bits per heavy atom. The predicted molar refractivity (Wildman–Crippen MR) is 79.0 cm³/mol. The van der Waals surface area contributed by atoms with Crippen LogP contribution in [0.25, 0.3) is 0 Å². The highest BCUT2D eigenvalue weighted by atomic mass is 32.2. The van der Waals surface area contributed by atoms with E-state index in [1.54, 1.807) is 19.1 Å². The quantitative estimate of drug-likeness (QED) is 0.788. The number of amides is 2. The van der Waals surface area contributed by atoms with Crippen molar-refractivity contribution in [3.05, 3.63) is 23.8 Å². The summed E-state index contributed by atoms with van der Waals surface area (Å²) in [7, 11) is 0. The van der Waals surface area contributed by atoms with Crippen LogP contribution in [0, 0.1) is 0 Å². The highest BCUT2D eigenvalue weighted by molar-refractivity contribution is 8.00. The summed E-state index contributed by atoms with van der Waals surface area (Å²) in [5.74, 6) is 0.0816. The minimum absolute atomic E-state index is 0.0611. The number of hydrogen-bond donors (Lipinski definition) is 3. The lowest BCUT2D eigenvalue weighted by Gasteiger charge is -2.22. The van der Waals surface area contributed by atoms with Crippen LogP contribution < -0.4 is 10.6 Å². The van der Waals surface area contributed by atoms with Crippen LogP contribution in [0.2, 0.25) is 0 Å². The maximum atomic E-state index is 12.0. The zero-order valence-corrected chi connectivity index (χ0v) is 12.3. The van der Waals surface area contributed by atoms with Crippen LogP contribution in [0.5, 0.6) is 0 Å². The molecular formula is C14H18N2O3S. The number of thioether (sulfide) groups is 1. The molecule has 0 bridgehead atoms. The van der Waals surface area contributed by atoms with E-state index >= 15 is 0 Å². The molecule has 0 radical (unpaired) electrons. The van der Waals surface area contributed by atoms with Crippen molar-refractivity contribution in [3.63, 3.8) is 0 Å². The zero-order chi connectivity index (χ0) is 14.8. The van der Waals surface area contributed by atoms with E-state index in [0.29, 0.717) is 23.4 Å². The van der Waals surface area contributed by atoms with Crippen LogP contribution in [0.4, 0.5) is 5.69 Å². The van der Waals surface area contributed by atoms with Crippen molar-refractivity contribution < 1.29 is 14.7 Å². The van der Waals surface area contributed by atoms with Gasteiger partial charge in [0.25, 0.3) is 5.91 Å². The summed E-state index contributed by atoms with van der Waals surface area (Å²) in [4.78, 5) is 24.3. The van der Waals surface area contributed by atoms with Gasteiger partial charge in [0.05, 0.1) is 17.0 Å². The van der Waals surface area contributed by atoms with Gasteiger partial charge in [0.2, 0.25) is 5.91 Å². The Bertz CT molecular complexity index is 543. The van der Waals surface area contributed by atoms with Gasteiger partial charge < -0.3 is 15.7 Å². The van der Waals surface area contributed by atoms with E-state index in [1.165, 1.54) is 11.8 Å². The first kappa shape index (κ1) is 14.9. The molecule has 1 unspecified atom stereocenters. The lowest BCUT2D eigenvalue weighted by atomic mass is 10.0. The molecule has 6 heteroatoms. The normalized spacial score (nSPS) is 16.9. The minimum atomic E-state index is -0.909. The Labute approximate surface area is 122 Å². The number of carbonyl (C=O) groups is 2. The van der Waals surface area contributed by atoms with Gasteiger partial charge in [-0.15, -0.1) is 11.8 Å². The van der Waals surface area contributed by atoms with E-state index in [-0.39, 0.29) is 18.4 Å². The van der Waals surface area contributed by atoms with Gasteiger partial charge in [-0.25, -0.2) is 0 Å². The third-order valence-electron chi connectivity index (χ3n) is 3.27. The fourth-order valence-corrected chi connectivity index (χ4v) is 2.51. The summed E-state index contributed by atoms with van der Waals surface area (Å²) < 4.78 is 0. The molecule has 0 aromatic heterocycles. The minimum Gasteiger partial charge on any atom is -0.388 e. The van der Waals surface area contributed by atoms with Crippen LogP contribution in [0.1, 0.15) is 30.6 Å². The summed E-state index contributed by atoms with van der Waals surface area (Å²) in [5.41, 5.74) is 0.230. The first-order valence-corrected chi connectivity index (χ1v) is 7.47. The molecule has 2 rings (SSSR count). The number of benzene rings is 1. The summed E-state index contributed by atoms with van der Waals surface area (Å²) >= 11 is 1.45. The molecule has 1 aliphatic rings. The highest BCUT2D eigenvalue weighted by Gasteiger charge is 2.20. The Hall–Kier alpha value is -1.53. The Morgan fingerprint density at radius 1 is 1.55 bits per heavy atom. The molecule has 0 fully saturated rings. The van der Waals surface area contributed by atoms with Gasteiger partial charge in [0, 0.05) is 17.0 Å². The Balaban J connectivity index is 2.08. The number of aliphatic hydroxyl groups is 1. The maximum Gasteiger partial charge on any atom is 0.251 e. The topological polar surface area (TPSA) is 78.4 Å². The molecular weight excluding hydrogens is 276 g/mol. The van der Waals surface area contributed by atoms with Crippen molar-refractivity contribution in [1.29, 1.82) is 0 Å². The molecule has 0 saturated heterocycles. The van der Waals surface area contributed by atoms with Gasteiger partial charge in [-0.2, -0.15) is 0 Å². The summed E-state index contributed by atoms with van der Waals surface area (Å²) in [6.45, 7) is 3.73. The number of anilines is 1. The van der Waals surface area contributed by atoms with Crippen molar-refractivity contribution in [2.75, 3.05) is 17.6 Å². The number of carbonyl (C=O) groups excluding carboxylic acids is 2. The van der Waals surface area contributed by atoms with Crippen molar-refractivity contribution in [1.82, 2.24) is 5.32 Å². The van der Waals surface area contributed by atoms with E-state index in [0.717, 1.165) is 4.90 Å². The second kappa shape index (κ2) is 5.85. The third kappa shape index (κ3) is 3.52. The molecule has 20 heavy (non-hydrogen) atoms. The summed E-state index contributed by atoms with van der Waals surface area (Å²) in [5, 5.41) is 15.3. The van der Waals surface area contributed by atoms with E-state index < -0.39 is 5.60 Å². The molecule has 108 valence electrons. The van der Waals surface area contributed by atoms with Crippen molar-refractivity contribution in [3.8, 4) is 0 Å². The standard InChI is InChI=1S/C14H18N2O3S/c1-3-14(2,19)8-15-13(18)9-4-5-11-10(6-9)16-12(17)7-20-11/h4-6,19H,3,7-8H2,1-2H3,(H,15,18)(H,16,17). The second-order valence-corrected chi connectivity index (χ2v) is 6.10. The fourth-order valence-electron chi connectivity index (χ4n) is 1.72. The molecule has 1 aromatic rings. The van der Waals surface area contributed by atoms with Crippen molar-refractivity contribution in [2.24, 2.45) is 0 Å². The summed E-state index contributed by atoms with van der Waals surface area (Å²) in [6.07, 6.45) is 0.560. The molecule has 0 aliphatic carbocycles. The third-order valence-corrected chi connectivity index (χ3v) is 4.34. The molecule has 1 aromatic carbocycles. The molecule has 0 spiro atoms. The van der Waals surface area contributed by atoms with Crippen molar-refractivity contribution in [2.45, 2.75) is 30.8 Å². The number of rotatable bonds is 4. The van der Waals surface area contributed by atoms with Gasteiger partial charge in [-0.3, -0.25) is 9.59 Å². The lowest BCUT2D eigenvalue weighted by Crippen LogP contribution is -2.40. The SMILES string of the molecule is CCC(C)(O)CNC(=O)c1ccc2c(c1)NC(=O)CS2. The molecule has 2 amide bonds. The Morgan fingerprint density at radius 3 is 3.00 bits per heavy atom. The largest absolute Gasteiger partial charge is 0.388 e. The van der Waals surface area contributed by atoms with Crippen LogP contribution in [-0.4, -0.2) is 34.8 Å². The number of nitrogens with one attached hydrogen (secondary N) is 2. The summed E-state index contributed by atoms with van der Waals surface area (Å²) in [6, 6.07) is 5.21.